The molecule has 6 heteroatoms. The molecule has 0 radical (unpaired) electrons. The third kappa shape index (κ3) is 3.21. The number of urea groups is 1. The van der Waals surface area contributed by atoms with Crippen molar-refractivity contribution in [3.63, 3.8) is 0 Å². The highest BCUT2D eigenvalue weighted by molar-refractivity contribution is 9.10. The summed E-state index contributed by atoms with van der Waals surface area (Å²) < 4.78 is 1.03. The van der Waals surface area contributed by atoms with E-state index in [0.29, 0.717) is 12.4 Å². The van der Waals surface area contributed by atoms with E-state index in [2.05, 4.69) is 43.3 Å². The minimum absolute atomic E-state index is 0.0707. The van der Waals surface area contributed by atoms with Gasteiger partial charge in [-0.2, -0.15) is 0 Å². The summed E-state index contributed by atoms with van der Waals surface area (Å²) in [6.07, 6.45) is 4.33. The number of carbonyl (C=O) groups is 1. The summed E-state index contributed by atoms with van der Waals surface area (Å²) in [5, 5.41) is 2.87. The molecule has 1 aromatic carbocycles. The van der Waals surface area contributed by atoms with Gasteiger partial charge in [0.05, 0.1) is 12.6 Å². The molecular formula is C15H15BrN4O. The smallest absolute Gasteiger partial charge is 0.318 e. The zero-order valence-corrected chi connectivity index (χ0v) is 13.0. The van der Waals surface area contributed by atoms with E-state index in [0.717, 1.165) is 23.0 Å². The fourth-order valence-corrected chi connectivity index (χ4v) is 2.79. The van der Waals surface area contributed by atoms with Gasteiger partial charge in [-0.1, -0.05) is 28.1 Å². The van der Waals surface area contributed by atoms with Crippen LogP contribution in [0, 0.1) is 0 Å². The van der Waals surface area contributed by atoms with Gasteiger partial charge in [0.25, 0.3) is 0 Å². The molecule has 1 fully saturated rings. The molecule has 2 aromatic rings. The van der Waals surface area contributed by atoms with Crippen molar-refractivity contribution in [3.8, 4) is 0 Å². The number of hydrogen-bond acceptors (Lipinski definition) is 3. The fraction of sp³-hybridized carbons (Fsp3) is 0.267. The molecule has 1 unspecified atom stereocenters. The standard InChI is InChI=1S/C15H15BrN4O/c16-12-4-1-3-11(9-12)13-5-8-20(13)15(21)19-10-14-17-6-2-7-18-14/h1-4,6-7,9,13H,5,8,10H2,(H,19,21). The molecule has 2 heterocycles. The Bertz CT molecular complexity index is 635. The molecule has 0 bridgehead atoms. The van der Waals surface area contributed by atoms with Crippen molar-refractivity contribution in [2.45, 2.75) is 19.0 Å². The third-order valence-electron chi connectivity index (χ3n) is 3.53. The quantitative estimate of drug-likeness (QED) is 0.929. The first-order chi connectivity index (χ1) is 10.2. The first-order valence-electron chi connectivity index (χ1n) is 6.80. The van der Waals surface area contributed by atoms with E-state index in [4.69, 9.17) is 0 Å². The summed E-state index contributed by atoms with van der Waals surface area (Å²) in [7, 11) is 0. The molecule has 0 saturated carbocycles. The van der Waals surface area contributed by atoms with Gasteiger partial charge in [-0.25, -0.2) is 14.8 Å². The van der Waals surface area contributed by atoms with Crippen molar-refractivity contribution in [2.24, 2.45) is 0 Å². The van der Waals surface area contributed by atoms with E-state index in [1.807, 2.05) is 17.0 Å². The minimum atomic E-state index is -0.0707. The molecule has 21 heavy (non-hydrogen) atoms. The molecular weight excluding hydrogens is 332 g/mol. The summed E-state index contributed by atoms with van der Waals surface area (Å²) in [6, 6.07) is 9.92. The maximum Gasteiger partial charge on any atom is 0.318 e. The Hall–Kier alpha value is -1.95. The number of carbonyl (C=O) groups excluding carboxylic acids is 1. The van der Waals surface area contributed by atoms with Gasteiger partial charge < -0.3 is 10.2 Å². The maximum absolute atomic E-state index is 12.2. The molecule has 0 aliphatic carbocycles. The lowest BCUT2D eigenvalue weighted by molar-refractivity contribution is 0.115. The molecule has 2 amide bonds. The number of aromatic nitrogens is 2. The van der Waals surface area contributed by atoms with Gasteiger partial charge in [0.2, 0.25) is 0 Å². The lowest BCUT2D eigenvalue weighted by atomic mass is 9.95. The van der Waals surface area contributed by atoms with Crippen LogP contribution in [0.2, 0.25) is 0 Å². The fourth-order valence-electron chi connectivity index (χ4n) is 2.37. The van der Waals surface area contributed by atoms with E-state index >= 15 is 0 Å². The summed E-state index contributed by atoms with van der Waals surface area (Å²) in [5.41, 5.74) is 1.15. The number of amides is 2. The van der Waals surface area contributed by atoms with Gasteiger partial charge in [0, 0.05) is 23.4 Å². The number of nitrogens with one attached hydrogen (secondary N) is 1. The van der Waals surface area contributed by atoms with Gasteiger partial charge in [0.15, 0.2) is 0 Å². The van der Waals surface area contributed by atoms with Crippen LogP contribution < -0.4 is 5.32 Å². The number of likely N-dealkylation sites (tertiary alicyclic amines) is 1. The van der Waals surface area contributed by atoms with Crippen LogP contribution >= 0.6 is 15.9 Å². The average Bonchev–Trinajstić information content (AvgIpc) is 2.45. The van der Waals surface area contributed by atoms with Gasteiger partial charge in [-0.3, -0.25) is 0 Å². The second-order valence-corrected chi connectivity index (χ2v) is 5.79. The second-order valence-electron chi connectivity index (χ2n) is 4.88. The van der Waals surface area contributed by atoms with Crippen molar-refractivity contribution in [3.05, 3.63) is 58.6 Å². The summed E-state index contributed by atoms with van der Waals surface area (Å²) in [4.78, 5) is 22.2. The van der Waals surface area contributed by atoms with E-state index in [1.165, 1.54) is 0 Å². The topological polar surface area (TPSA) is 58.1 Å². The zero-order valence-electron chi connectivity index (χ0n) is 11.4. The molecule has 1 aromatic heterocycles. The van der Waals surface area contributed by atoms with E-state index < -0.39 is 0 Å². The van der Waals surface area contributed by atoms with Crippen LogP contribution in [0.4, 0.5) is 4.79 Å². The first-order valence-corrected chi connectivity index (χ1v) is 7.59. The molecule has 108 valence electrons. The molecule has 1 aliphatic heterocycles. The lowest BCUT2D eigenvalue weighted by Crippen LogP contribution is -2.49. The molecule has 1 saturated heterocycles. The van der Waals surface area contributed by atoms with Crippen LogP contribution in [0.5, 0.6) is 0 Å². The van der Waals surface area contributed by atoms with Crippen molar-refractivity contribution in [1.82, 2.24) is 20.2 Å². The van der Waals surface area contributed by atoms with Crippen molar-refractivity contribution < 1.29 is 4.79 Å². The lowest BCUT2D eigenvalue weighted by Gasteiger charge is -2.41. The van der Waals surface area contributed by atoms with Crippen LogP contribution in [0.25, 0.3) is 0 Å². The van der Waals surface area contributed by atoms with Gasteiger partial charge in [-0.05, 0) is 30.2 Å². The number of halogens is 1. The third-order valence-corrected chi connectivity index (χ3v) is 4.02. The Kier molecular flexibility index (Phi) is 4.15. The molecule has 5 nitrogen and oxygen atoms in total. The summed E-state index contributed by atoms with van der Waals surface area (Å²) in [6.45, 7) is 1.13. The van der Waals surface area contributed by atoms with Crippen LogP contribution in [-0.4, -0.2) is 27.4 Å². The normalized spacial score (nSPS) is 17.2. The highest BCUT2D eigenvalue weighted by Crippen LogP contribution is 2.34. The van der Waals surface area contributed by atoms with Gasteiger partial charge in [-0.15, -0.1) is 0 Å². The van der Waals surface area contributed by atoms with Crippen molar-refractivity contribution in [2.75, 3.05) is 6.54 Å². The number of benzene rings is 1. The van der Waals surface area contributed by atoms with Crippen LogP contribution in [0.15, 0.2) is 47.2 Å². The Morgan fingerprint density at radius 3 is 2.81 bits per heavy atom. The monoisotopic (exact) mass is 346 g/mol. The average molecular weight is 347 g/mol. The SMILES string of the molecule is O=C(NCc1ncccn1)N1CCC1c1cccc(Br)c1. The molecule has 1 atom stereocenters. The molecule has 1 N–H and O–H groups in total. The molecule has 0 spiro atoms. The first kappa shape index (κ1) is 14.0. The number of hydrogen-bond donors (Lipinski definition) is 1. The predicted molar refractivity (Wildman–Crippen MR) is 82.5 cm³/mol. The molecule has 3 rings (SSSR count). The predicted octanol–water partition coefficient (Wildman–Crippen LogP) is 2.90. The van der Waals surface area contributed by atoms with Crippen LogP contribution in [-0.2, 0) is 6.54 Å². The van der Waals surface area contributed by atoms with Crippen molar-refractivity contribution in [1.29, 1.82) is 0 Å². The highest BCUT2D eigenvalue weighted by atomic mass is 79.9. The summed E-state index contributed by atoms with van der Waals surface area (Å²) >= 11 is 3.47. The van der Waals surface area contributed by atoms with Crippen LogP contribution in [0.3, 0.4) is 0 Å². The van der Waals surface area contributed by atoms with Crippen LogP contribution in [0.1, 0.15) is 23.9 Å². The second kappa shape index (κ2) is 6.22. The van der Waals surface area contributed by atoms with Crippen molar-refractivity contribution >= 4 is 22.0 Å². The Morgan fingerprint density at radius 1 is 1.33 bits per heavy atom. The van der Waals surface area contributed by atoms with E-state index in [1.54, 1.807) is 18.5 Å². The van der Waals surface area contributed by atoms with E-state index in [9.17, 15) is 4.79 Å². The number of nitrogens with zero attached hydrogens (tertiary/aromatic N) is 3. The van der Waals surface area contributed by atoms with Gasteiger partial charge >= 0.3 is 6.03 Å². The van der Waals surface area contributed by atoms with Gasteiger partial charge in [0.1, 0.15) is 5.82 Å². The zero-order chi connectivity index (χ0) is 14.7. The Morgan fingerprint density at radius 2 is 2.14 bits per heavy atom. The highest BCUT2D eigenvalue weighted by Gasteiger charge is 2.33. The Labute approximate surface area is 131 Å². The number of rotatable bonds is 3. The van der Waals surface area contributed by atoms with E-state index in [-0.39, 0.29) is 12.1 Å². The largest absolute Gasteiger partial charge is 0.331 e. The Balaban J connectivity index is 1.60. The minimum Gasteiger partial charge on any atom is -0.331 e. The summed E-state index contributed by atoms with van der Waals surface area (Å²) in [5.74, 6) is 0.616. The maximum atomic E-state index is 12.2. The molecule has 1 aliphatic rings.